The van der Waals surface area contributed by atoms with Gasteiger partial charge in [0, 0.05) is 44.0 Å². The smallest absolute Gasteiger partial charge is 0.0443 e. The fourth-order valence-corrected chi connectivity index (χ4v) is 5.27. The Morgan fingerprint density at radius 2 is 1.62 bits per heavy atom. The first-order chi connectivity index (χ1) is 12.2. The Kier molecular flexibility index (Phi) is 5.53. The summed E-state index contributed by atoms with van der Waals surface area (Å²) >= 11 is 0. The van der Waals surface area contributed by atoms with E-state index in [1.165, 1.54) is 43.7 Å². The van der Waals surface area contributed by atoms with Crippen LogP contribution in [0.3, 0.4) is 0 Å². The molecule has 1 saturated heterocycles. The first kappa shape index (κ1) is 19.5. The molecule has 0 radical (unpaired) electrons. The van der Waals surface area contributed by atoms with Crippen LogP contribution in [0.2, 0.25) is 0 Å². The highest BCUT2D eigenvalue weighted by Gasteiger charge is 2.34. The van der Waals surface area contributed by atoms with Crippen LogP contribution in [0, 0.1) is 16.7 Å². The second-order valence-electron chi connectivity index (χ2n) is 10.4. The van der Waals surface area contributed by atoms with Crippen molar-refractivity contribution in [2.45, 2.75) is 54.4 Å². The number of rotatable bonds is 4. The average molecular weight is 355 g/mol. The van der Waals surface area contributed by atoms with E-state index in [0.717, 1.165) is 19.0 Å². The number of hydrogen-bond acceptors (Lipinski definition) is 2. The summed E-state index contributed by atoms with van der Waals surface area (Å²) in [5, 5.41) is 0. The largest absolute Gasteiger partial charge is 0.368 e. The van der Waals surface area contributed by atoms with Crippen molar-refractivity contribution >= 4 is 11.3 Å². The molecule has 2 nitrogen and oxygen atoms in total. The molecule has 2 heteroatoms. The highest BCUT2D eigenvalue weighted by Crippen LogP contribution is 2.48. The van der Waals surface area contributed by atoms with Crippen molar-refractivity contribution < 1.29 is 0 Å². The van der Waals surface area contributed by atoms with Gasteiger partial charge in [-0.05, 0) is 41.2 Å². The molecule has 1 aliphatic heterocycles. The Hall–Kier alpha value is -1.28. The molecule has 0 N–H and O–H groups in total. The molecule has 144 valence electrons. The van der Waals surface area contributed by atoms with Gasteiger partial charge in [0.25, 0.3) is 0 Å². The van der Waals surface area contributed by atoms with Crippen LogP contribution in [0.25, 0.3) is 5.57 Å². The molecule has 1 aromatic carbocycles. The van der Waals surface area contributed by atoms with E-state index in [9.17, 15) is 0 Å². The number of anilines is 1. The van der Waals surface area contributed by atoms with Crippen molar-refractivity contribution in [1.82, 2.24) is 4.90 Å². The second-order valence-corrected chi connectivity index (χ2v) is 10.4. The zero-order valence-electron chi connectivity index (χ0n) is 17.8. The molecule has 2 aliphatic rings. The third kappa shape index (κ3) is 4.71. The molecular formula is C24H38N2. The van der Waals surface area contributed by atoms with Crippen molar-refractivity contribution in [2.24, 2.45) is 16.7 Å². The summed E-state index contributed by atoms with van der Waals surface area (Å²) in [6.07, 6.45) is 4.99. The molecule has 0 spiro atoms. The van der Waals surface area contributed by atoms with Crippen molar-refractivity contribution in [1.29, 1.82) is 0 Å². The summed E-state index contributed by atoms with van der Waals surface area (Å²) in [5.74, 6) is 0.755. The molecule has 1 aliphatic carbocycles. The number of benzene rings is 1. The summed E-state index contributed by atoms with van der Waals surface area (Å²) in [6, 6.07) is 9.10. The lowest BCUT2D eigenvalue weighted by Crippen LogP contribution is -2.47. The molecule has 1 aromatic rings. The van der Waals surface area contributed by atoms with Crippen LogP contribution in [-0.2, 0) is 0 Å². The van der Waals surface area contributed by atoms with Crippen LogP contribution in [0.5, 0.6) is 0 Å². The van der Waals surface area contributed by atoms with E-state index in [2.05, 4.69) is 81.7 Å². The van der Waals surface area contributed by atoms with Crippen LogP contribution in [-0.4, -0.2) is 37.6 Å². The molecular weight excluding hydrogens is 316 g/mol. The molecule has 0 saturated carbocycles. The maximum absolute atomic E-state index is 2.62. The van der Waals surface area contributed by atoms with E-state index >= 15 is 0 Å². The second kappa shape index (κ2) is 7.38. The van der Waals surface area contributed by atoms with Crippen molar-refractivity contribution in [2.75, 3.05) is 37.6 Å². The normalized spacial score (nSPS) is 23.2. The van der Waals surface area contributed by atoms with Gasteiger partial charge in [0.2, 0.25) is 0 Å². The predicted molar refractivity (Wildman–Crippen MR) is 115 cm³/mol. The number of hydrogen-bond donors (Lipinski definition) is 0. The third-order valence-corrected chi connectivity index (χ3v) is 5.75. The molecule has 0 atom stereocenters. The Morgan fingerprint density at radius 3 is 2.23 bits per heavy atom. The molecule has 0 bridgehead atoms. The van der Waals surface area contributed by atoms with Crippen LogP contribution in [0.15, 0.2) is 30.3 Å². The van der Waals surface area contributed by atoms with Crippen molar-refractivity contribution in [3.05, 3.63) is 35.9 Å². The van der Waals surface area contributed by atoms with E-state index < -0.39 is 0 Å². The summed E-state index contributed by atoms with van der Waals surface area (Å²) in [5.41, 5.74) is 5.10. The molecule has 3 rings (SSSR count). The topological polar surface area (TPSA) is 6.48 Å². The van der Waals surface area contributed by atoms with E-state index in [4.69, 9.17) is 0 Å². The Bertz CT molecular complexity index is 646. The van der Waals surface area contributed by atoms with Gasteiger partial charge in [-0.2, -0.15) is 0 Å². The number of para-hydroxylation sites is 1. The van der Waals surface area contributed by atoms with Gasteiger partial charge in [0.15, 0.2) is 0 Å². The minimum Gasteiger partial charge on any atom is -0.368 e. The zero-order valence-corrected chi connectivity index (χ0v) is 17.8. The molecule has 26 heavy (non-hydrogen) atoms. The van der Waals surface area contributed by atoms with E-state index in [1.807, 2.05) is 0 Å². The lowest BCUT2D eigenvalue weighted by molar-refractivity contribution is 0.228. The Labute approximate surface area is 161 Å². The lowest BCUT2D eigenvalue weighted by Gasteiger charge is -2.41. The average Bonchev–Trinajstić information content (AvgIpc) is 2.52. The van der Waals surface area contributed by atoms with Crippen molar-refractivity contribution in [3.63, 3.8) is 0 Å². The van der Waals surface area contributed by atoms with Crippen molar-refractivity contribution in [3.8, 4) is 0 Å². The number of nitrogens with zero attached hydrogens (tertiary/aromatic N) is 2. The predicted octanol–water partition coefficient (Wildman–Crippen LogP) is 5.69. The van der Waals surface area contributed by atoms with Crippen LogP contribution in [0.1, 0.15) is 59.9 Å². The molecule has 0 aromatic heterocycles. The summed E-state index contributed by atoms with van der Waals surface area (Å²) in [7, 11) is 0. The van der Waals surface area contributed by atoms with Gasteiger partial charge in [-0.15, -0.1) is 0 Å². The monoisotopic (exact) mass is 354 g/mol. The maximum atomic E-state index is 2.62. The zero-order chi connectivity index (χ0) is 18.9. The number of allylic oxidation sites excluding steroid dienone is 2. The molecule has 1 fully saturated rings. The van der Waals surface area contributed by atoms with Gasteiger partial charge in [0.1, 0.15) is 0 Å². The SMILES string of the molecule is CC(C)CN1CCN(c2ccccc2C2=CC(C)(C)CC(C)(C)C2)CC1. The van der Waals surface area contributed by atoms with E-state index in [-0.39, 0.29) is 5.41 Å². The Morgan fingerprint density at radius 1 is 0.962 bits per heavy atom. The summed E-state index contributed by atoms with van der Waals surface area (Å²) in [4.78, 5) is 5.23. The van der Waals surface area contributed by atoms with Gasteiger partial charge in [-0.25, -0.2) is 0 Å². The maximum Gasteiger partial charge on any atom is 0.0443 e. The molecule has 0 unspecified atom stereocenters. The first-order valence-electron chi connectivity index (χ1n) is 10.4. The number of piperazine rings is 1. The van der Waals surface area contributed by atoms with Gasteiger partial charge < -0.3 is 4.90 Å². The van der Waals surface area contributed by atoms with Crippen LogP contribution < -0.4 is 4.90 Å². The fraction of sp³-hybridized carbons (Fsp3) is 0.667. The standard InChI is InChI=1S/C24H38N2/c1-19(2)17-25-11-13-26(14-12-25)22-10-8-7-9-21(22)20-15-23(3,4)18-24(5,6)16-20/h7-10,15,19H,11-14,16-18H2,1-6H3. The minimum absolute atomic E-state index is 0.278. The van der Waals surface area contributed by atoms with Gasteiger partial charge in [-0.1, -0.05) is 65.8 Å². The minimum atomic E-state index is 0.278. The van der Waals surface area contributed by atoms with Crippen LogP contribution >= 0.6 is 0 Å². The fourth-order valence-electron chi connectivity index (χ4n) is 5.27. The summed E-state index contributed by atoms with van der Waals surface area (Å²) in [6.45, 7) is 20.1. The molecule has 0 amide bonds. The highest BCUT2D eigenvalue weighted by molar-refractivity contribution is 5.78. The third-order valence-electron chi connectivity index (χ3n) is 5.75. The van der Waals surface area contributed by atoms with Crippen LogP contribution in [0.4, 0.5) is 5.69 Å². The van der Waals surface area contributed by atoms with E-state index in [1.54, 1.807) is 5.57 Å². The van der Waals surface area contributed by atoms with Gasteiger partial charge in [-0.3, -0.25) is 4.90 Å². The first-order valence-corrected chi connectivity index (χ1v) is 10.4. The Balaban J connectivity index is 1.83. The highest BCUT2D eigenvalue weighted by atomic mass is 15.3. The molecule has 1 heterocycles. The summed E-state index contributed by atoms with van der Waals surface area (Å²) < 4.78 is 0. The van der Waals surface area contributed by atoms with Gasteiger partial charge in [0.05, 0.1) is 0 Å². The quantitative estimate of drug-likeness (QED) is 0.685. The lowest BCUT2D eigenvalue weighted by atomic mass is 9.65. The van der Waals surface area contributed by atoms with Gasteiger partial charge >= 0.3 is 0 Å². The van der Waals surface area contributed by atoms with E-state index in [0.29, 0.717) is 5.41 Å².